The van der Waals surface area contributed by atoms with Gasteiger partial charge in [0.2, 0.25) is 0 Å². The lowest BCUT2D eigenvalue weighted by Crippen LogP contribution is -2.41. The van der Waals surface area contributed by atoms with Gasteiger partial charge in [0.15, 0.2) is 17.2 Å². The van der Waals surface area contributed by atoms with Gasteiger partial charge in [-0.25, -0.2) is 0 Å². The van der Waals surface area contributed by atoms with E-state index >= 15 is 0 Å². The smallest absolute Gasteiger partial charge is 0.192 e. The van der Waals surface area contributed by atoms with Crippen LogP contribution in [0.5, 0.6) is 23.0 Å². The first kappa shape index (κ1) is 17.8. The Balaban J connectivity index is 1.69. The minimum Gasteiger partial charge on any atom is -0.506 e. The molecule has 0 spiro atoms. The van der Waals surface area contributed by atoms with E-state index in [4.69, 9.17) is 9.47 Å². The molecule has 148 valence electrons. The number of anilines is 2. The Morgan fingerprint density at radius 3 is 2.66 bits per heavy atom. The van der Waals surface area contributed by atoms with E-state index in [1.807, 2.05) is 36.4 Å². The zero-order valence-corrected chi connectivity index (χ0v) is 16.3. The minimum absolute atomic E-state index is 0.210. The molecule has 0 radical (unpaired) electrons. The van der Waals surface area contributed by atoms with Crippen molar-refractivity contribution in [3.05, 3.63) is 54.9 Å². The second-order valence-corrected chi connectivity index (χ2v) is 7.34. The van der Waals surface area contributed by atoms with Crippen LogP contribution < -0.4 is 19.7 Å². The van der Waals surface area contributed by atoms with Crippen molar-refractivity contribution in [1.82, 2.24) is 10.3 Å². The number of phenols is 1. The first-order valence-corrected chi connectivity index (χ1v) is 9.88. The van der Waals surface area contributed by atoms with E-state index in [2.05, 4.69) is 15.2 Å². The van der Waals surface area contributed by atoms with Crippen LogP contribution in [0, 0.1) is 0 Å². The van der Waals surface area contributed by atoms with Crippen molar-refractivity contribution in [3.8, 4) is 34.1 Å². The first-order chi connectivity index (χ1) is 14.3. The molecule has 2 aromatic carbocycles. The highest BCUT2D eigenvalue weighted by molar-refractivity contribution is 5.87. The van der Waals surface area contributed by atoms with E-state index < -0.39 is 0 Å². The Bertz CT molecular complexity index is 1030. The van der Waals surface area contributed by atoms with E-state index in [1.165, 1.54) is 0 Å². The summed E-state index contributed by atoms with van der Waals surface area (Å²) in [6.45, 7) is 1.90. The van der Waals surface area contributed by atoms with Crippen LogP contribution in [0.4, 0.5) is 11.4 Å². The first-order valence-electron chi connectivity index (χ1n) is 9.88. The van der Waals surface area contributed by atoms with Gasteiger partial charge in [-0.15, -0.1) is 0 Å². The molecule has 1 saturated heterocycles. The van der Waals surface area contributed by atoms with Gasteiger partial charge in [0, 0.05) is 18.4 Å². The summed E-state index contributed by atoms with van der Waals surface area (Å²) in [7, 11) is 1.65. The van der Waals surface area contributed by atoms with Crippen LogP contribution in [-0.2, 0) is 0 Å². The van der Waals surface area contributed by atoms with Crippen molar-refractivity contribution in [2.45, 2.75) is 18.9 Å². The normalized spacial score (nSPS) is 16.0. The Kier molecular flexibility index (Phi) is 4.48. The number of methoxy groups -OCH3 is 1. The fourth-order valence-corrected chi connectivity index (χ4v) is 4.26. The molecule has 0 aliphatic carbocycles. The maximum absolute atomic E-state index is 11.1. The molecule has 2 aliphatic rings. The van der Waals surface area contributed by atoms with Gasteiger partial charge in [-0.2, -0.15) is 0 Å². The van der Waals surface area contributed by atoms with Gasteiger partial charge in [0.05, 0.1) is 12.8 Å². The van der Waals surface area contributed by atoms with Crippen LogP contribution in [-0.4, -0.2) is 36.3 Å². The molecule has 2 N–H and O–H groups in total. The highest BCUT2D eigenvalue weighted by atomic mass is 16.5. The van der Waals surface area contributed by atoms with E-state index in [0.29, 0.717) is 17.2 Å². The number of rotatable bonds is 3. The van der Waals surface area contributed by atoms with Crippen molar-refractivity contribution in [3.63, 3.8) is 0 Å². The summed E-state index contributed by atoms with van der Waals surface area (Å²) in [5.41, 5.74) is 3.50. The van der Waals surface area contributed by atoms with Gasteiger partial charge >= 0.3 is 0 Å². The molecule has 0 bridgehead atoms. The van der Waals surface area contributed by atoms with E-state index in [1.54, 1.807) is 25.6 Å². The number of hydrogen-bond donors (Lipinski definition) is 2. The summed E-state index contributed by atoms with van der Waals surface area (Å²) < 4.78 is 11.9. The van der Waals surface area contributed by atoms with Crippen LogP contribution in [0.25, 0.3) is 11.1 Å². The third-order valence-corrected chi connectivity index (χ3v) is 5.63. The molecule has 6 nitrogen and oxygen atoms in total. The molecule has 0 amide bonds. The van der Waals surface area contributed by atoms with E-state index in [0.717, 1.165) is 48.4 Å². The SMILES string of the molecule is COc1cccc2c1Oc1cc(-c3ccncc3)cc(O)c1N2C1CCNCC1. The zero-order valence-electron chi connectivity index (χ0n) is 16.3. The number of hydrogen-bond acceptors (Lipinski definition) is 6. The molecule has 0 saturated carbocycles. The Morgan fingerprint density at radius 1 is 1.10 bits per heavy atom. The van der Waals surface area contributed by atoms with Crippen LogP contribution in [0.3, 0.4) is 0 Å². The van der Waals surface area contributed by atoms with Crippen LogP contribution in [0.1, 0.15) is 12.8 Å². The monoisotopic (exact) mass is 389 g/mol. The molecule has 0 unspecified atom stereocenters. The molecular formula is C23H23N3O3. The predicted octanol–water partition coefficient (Wildman–Crippen LogP) is 4.46. The van der Waals surface area contributed by atoms with Crippen molar-refractivity contribution >= 4 is 11.4 Å². The summed E-state index contributed by atoms with van der Waals surface area (Å²) in [6, 6.07) is 13.8. The van der Waals surface area contributed by atoms with Gasteiger partial charge in [0.25, 0.3) is 0 Å². The number of nitrogens with zero attached hydrogens (tertiary/aromatic N) is 2. The number of para-hydroxylation sites is 1. The molecular weight excluding hydrogens is 366 g/mol. The average Bonchev–Trinajstić information content (AvgIpc) is 2.78. The predicted molar refractivity (Wildman–Crippen MR) is 112 cm³/mol. The maximum atomic E-state index is 11.1. The number of piperidine rings is 1. The Morgan fingerprint density at radius 2 is 1.90 bits per heavy atom. The maximum Gasteiger partial charge on any atom is 0.192 e. The van der Waals surface area contributed by atoms with Crippen LogP contribution in [0.2, 0.25) is 0 Å². The van der Waals surface area contributed by atoms with Gasteiger partial charge in [0.1, 0.15) is 11.4 Å². The average molecular weight is 389 g/mol. The fourth-order valence-electron chi connectivity index (χ4n) is 4.26. The third kappa shape index (κ3) is 3.06. The van der Waals surface area contributed by atoms with Gasteiger partial charge in [-0.1, -0.05) is 6.07 Å². The lowest BCUT2D eigenvalue weighted by molar-refractivity contribution is 0.368. The molecule has 3 aromatic rings. The molecule has 0 atom stereocenters. The molecule has 1 aromatic heterocycles. The van der Waals surface area contributed by atoms with Crippen molar-refractivity contribution in [2.24, 2.45) is 0 Å². The molecule has 1 fully saturated rings. The highest BCUT2D eigenvalue weighted by Crippen LogP contribution is 2.56. The van der Waals surface area contributed by atoms with Gasteiger partial charge in [-0.05, 0) is 73.5 Å². The summed E-state index contributed by atoms with van der Waals surface area (Å²) in [5, 5.41) is 14.5. The number of aromatic hydroxyl groups is 1. The fraction of sp³-hybridized carbons (Fsp3) is 0.261. The number of aromatic nitrogens is 1. The second-order valence-electron chi connectivity index (χ2n) is 7.34. The molecule has 3 heterocycles. The number of ether oxygens (including phenoxy) is 2. The van der Waals surface area contributed by atoms with Crippen molar-refractivity contribution in [2.75, 3.05) is 25.1 Å². The van der Waals surface area contributed by atoms with Crippen LogP contribution in [0.15, 0.2) is 54.9 Å². The van der Waals surface area contributed by atoms with E-state index in [9.17, 15) is 5.11 Å². The second kappa shape index (κ2) is 7.29. The van der Waals surface area contributed by atoms with Gasteiger partial charge in [-0.3, -0.25) is 4.98 Å². The standard InChI is InChI=1S/C23H23N3O3/c1-28-20-4-2-3-18-23(20)29-21-14-16(15-5-9-24-10-6-15)13-19(27)22(21)26(18)17-7-11-25-12-8-17/h2-6,9-10,13-14,17,25,27H,7-8,11-12H2,1H3. The number of phenolic OH excluding ortho intramolecular Hbond substituents is 1. The van der Waals surface area contributed by atoms with Crippen molar-refractivity contribution in [1.29, 1.82) is 0 Å². The largest absolute Gasteiger partial charge is 0.506 e. The molecule has 6 heteroatoms. The Labute approximate surface area is 169 Å². The quantitative estimate of drug-likeness (QED) is 0.690. The number of nitrogens with one attached hydrogen (secondary N) is 1. The topological polar surface area (TPSA) is 66.8 Å². The summed E-state index contributed by atoms with van der Waals surface area (Å²) >= 11 is 0. The number of benzene rings is 2. The summed E-state index contributed by atoms with van der Waals surface area (Å²) in [4.78, 5) is 6.31. The molecule has 2 aliphatic heterocycles. The number of fused-ring (bicyclic) bond motifs is 2. The van der Waals surface area contributed by atoms with E-state index in [-0.39, 0.29) is 11.8 Å². The lowest BCUT2D eigenvalue weighted by atomic mass is 9.98. The van der Waals surface area contributed by atoms with Crippen LogP contribution >= 0.6 is 0 Å². The third-order valence-electron chi connectivity index (χ3n) is 5.63. The Hall–Kier alpha value is -3.25. The van der Waals surface area contributed by atoms with Crippen molar-refractivity contribution < 1.29 is 14.6 Å². The molecule has 29 heavy (non-hydrogen) atoms. The summed E-state index contributed by atoms with van der Waals surface area (Å²) in [5.74, 6) is 2.21. The molecule has 5 rings (SSSR count). The number of pyridine rings is 1. The lowest BCUT2D eigenvalue weighted by Gasteiger charge is -2.41. The van der Waals surface area contributed by atoms with Gasteiger partial charge < -0.3 is 24.8 Å². The zero-order chi connectivity index (χ0) is 19.8. The highest BCUT2D eigenvalue weighted by Gasteiger charge is 2.35. The minimum atomic E-state index is 0.210. The summed E-state index contributed by atoms with van der Waals surface area (Å²) in [6.07, 6.45) is 5.46.